The molecule has 0 aliphatic rings. The highest BCUT2D eigenvalue weighted by Crippen LogP contribution is 2.22. The van der Waals surface area contributed by atoms with Crippen molar-refractivity contribution in [1.29, 1.82) is 0 Å². The van der Waals surface area contributed by atoms with Crippen molar-refractivity contribution in [3.63, 3.8) is 0 Å². The first kappa shape index (κ1) is 19.3. The van der Waals surface area contributed by atoms with E-state index >= 15 is 0 Å². The van der Waals surface area contributed by atoms with E-state index in [4.69, 9.17) is 15.2 Å². The molecule has 0 saturated carbocycles. The molecule has 0 saturated heterocycles. The molecule has 0 aromatic heterocycles. The summed E-state index contributed by atoms with van der Waals surface area (Å²) in [5.74, 6) is 2.04. The van der Waals surface area contributed by atoms with Crippen molar-refractivity contribution in [3.05, 3.63) is 29.3 Å². The van der Waals surface area contributed by atoms with Gasteiger partial charge in [0.2, 0.25) is 0 Å². The number of benzene rings is 1. The Kier molecular flexibility index (Phi) is 9.14. The summed E-state index contributed by atoms with van der Waals surface area (Å²) in [7, 11) is 1.66. The molecule has 1 rings (SSSR count). The lowest BCUT2D eigenvalue weighted by atomic mass is 10.1. The Hall–Kier alpha value is -1.75. The van der Waals surface area contributed by atoms with Crippen molar-refractivity contribution in [3.8, 4) is 5.75 Å². The van der Waals surface area contributed by atoms with Crippen LogP contribution in [0.15, 0.2) is 23.2 Å². The predicted molar refractivity (Wildman–Crippen MR) is 96.0 cm³/mol. The summed E-state index contributed by atoms with van der Waals surface area (Å²) in [6.45, 7) is 9.02. The number of hydrogen-bond acceptors (Lipinski definition) is 3. The zero-order valence-corrected chi connectivity index (χ0v) is 14.9. The van der Waals surface area contributed by atoms with Gasteiger partial charge in [0.1, 0.15) is 5.75 Å². The second-order valence-electron chi connectivity index (χ2n) is 6.12. The summed E-state index contributed by atoms with van der Waals surface area (Å²) in [6, 6.07) is 6.19. The molecule has 0 atom stereocenters. The molecule has 23 heavy (non-hydrogen) atoms. The highest BCUT2D eigenvalue weighted by molar-refractivity contribution is 5.77. The van der Waals surface area contributed by atoms with Crippen molar-refractivity contribution >= 4 is 5.96 Å². The highest BCUT2D eigenvalue weighted by Gasteiger charge is 2.05. The van der Waals surface area contributed by atoms with E-state index in [0.717, 1.165) is 24.3 Å². The summed E-state index contributed by atoms with van der Waals surface area (Å²) in [4.78, 5) is 4.36. The minimum absolute atomic E-state index is 0.424. The van der Waals surface area contributed by atoms with Crippen molar-refractivity contribution < 1.29 is 9.47 Å². The molecule has 5 nitrogen and oxygen atoms in total. The van der Waals surface area contributed by atoms with Gasteiger partial charge < -0.3 is 20.5 Å². The molecule has 0 spiro atoms. The Balaban J connectivity index is 2.58. The van der Waals surface area contributed by atoms with E-state index in [1.807, 2.05) is 0 Å². The lowest BCUT2D eigenvalue weighted by Gasteiger charge is -2.12. The minimum Gasteiger partial charge on any atom is -0.493 e. The number of hydrogen-bond donors (Lipinski definition) is 2. The lowest BCUT2D eigenvalue weighted by molar-refractivity contribution is 0.204. The van der Waals surface area contributed by atoms with Crippen LogP contribution in [-0.4, -0.2) is 32.8 Å². The zero-order chi connectivity index (χ0) is 17.1. The fourth-order valence-electron chi connectivity index (χ4n) is 2.11. The number of aliphatic imine (C=N–C) groups is 1. The first-order valence-corrected chi connectivity index (χ1v) is 8.28. The van der Waals surface area contributed by atoms with Crippen LogP contribution in [0.4, 0.5) is 0 Å². The van der Waals surface area contributed by atoms with Crippen LogP contribution in [0.2, 0.25) is 0 Å². The first-order valence-electron chi connectivity index (χ1n) is 8.28. The highest BCUT2D eigenvalue weighted by atomic mass is 16.5. The van der Waals surface area contributed by atoms with Crippen LogP contribution in [0.3, 0.4) is 0 Å². The lowest BCUT2D eigenvalue weighted by Crippen LogP contribution is -2.34. The van der Waals surface area contributed by atoms with Gasteiger partial charge in [-0.05, 0) is 37.3 Å². The quantitative estimate of drug-likeness (QED) is 0.395. The van der Waals surface area contributed by atoms with E-state index in [2.05, 4.69) is 49.3 Å². The van der Waals surface area contributed by atoms with E-state index in [1.165, 1.54) is 12.0 Å². The predicted octanol–water partition coefficient (Wildman–Crippen LogP) is 2.86. The van der Waals surface area contributed by atoms with Crippen LogP contribution < -0.4 is 15.8 Å². The first-order chi connectivity index (χ1) is 11.0. The Labute approximate surface area is 140 Å². The number of aryl methyl sites for hydroxylation is 1. The normalized spacial score (nSPS) is 11.8. The van der Waals surface area contributed by atoms with Crippen LogP contribution in [-0.2, 0) is 11.3 Å². The van der Waals surface area contributed by atoms with Crippen LogP contribution in [0.5, 0.6) is 5.75 Å². The molecule has 0 heterocycles. The molecule has 1 aromatic carbocycles. The van der Waals surface area contributed by atoms with Gasteiger partial charge in [0.25, 0.3) is 0 Å². The van der Waals surface area contributed by atoms with Crippen molar-refractivity contribution in [1.82, 2.24) is 5.32 Å². The zero-order valence-electron chi connectivity index (χ0n) is 14.9. The van der Waals surface area contributed by atoms with Crippen LogP contribution >= 0.6 is 0 Å². The van der Waals surface area contributed by atoms with E-state index in [9.17, 15) is 0 Å². The third-order valence-corrected chi connectivity index (χ3v) is 3.44. The van der Waals surface area contributed by atoms with Gasteiger partial charge in [-0.1, -0.05) is 26.0 Å². The summed E-state index contributed by atoms with van der Waals surface area (Å²) >= 11 is 0. The number of nitrogens with two attached hydrogens (primary N) is 1. The van der Waals surface area contributed by atoms with Gasteiger partial charge in [-0.3, -0.25) is 0 Å². The van der Waals surface area contributed by atoms with E-state index < -0.39 is 0 Å². The maximum Gasteiger partial charge on any atom is 0.189 e. The standard InChI is InChI=1S/C18H31N3O2/c1-14(2)6-5-10-23-17-12-15(3)7-8-16(17)13-21-18(19)20-9-11-22-4/h7-8,12,14H,5-6,9-11,13H2,1-4H3,(H3,19,20,21). The number of rotatable bonds is 10. The Morgan fingerprint density at radius 2 is 2.09 bits per heavy atom. The van der Waals surface area contributed by atoms with Crippen LogP contribution in [0, 0.1) is 12.8 Å². The van der Waals surface area contributed by atoms with Gasteiger partial charge in [-0.25, -0.2) is 4.99 Å². The van der Waals surface area contributed by atoms with Crippen molar-refractivity contribution in [2.24, 2.45) is 16.6 Å². The SMILES string of the molecule is COCCNC(N)=NCc1ccc(C)cc1OCCCC(C)C. The monoisotopic (exact) mass is 321 g/mol. The average molecular weight is 321 g/mol. The second-order valence-corrected chi connectivity index (χ2v) is 6.12. The van der Waals surface area contributed by atoms with Gasteiger partial charge in [-0.15, -0.1) is 0 Å². The third kappa shape index (κ3) is 8.45. The maximum absolute atomic E-state index is 5.95. The molecule has 5 heteroatoms. The van der Waals surface area contributed by atoms with Gasteiger partial charge in [0.15, 0.2) is 5.96 Å². The molecular formula is C18H31N3O2. The van der Waals surface area contributed by atoms with Crippen LogP contribution in [0.25, 0.3) is 0 Å². The molecule has 130 valence electrons. The maximum atomic E-state index is 5.95. The molecule has 1 aromatic rings. The summed E-state index contributed by atoms with van der Waals surface area (Å²) in [5.41, 5.74) is 8.08. The molecule has 0 amide bonds. The molecule has 0 bridgehead atoms. The van der Waals surface area contributed by atoms with E-state index in [0.29, 0.717) is 31.6 Å². The van der Waals surface area contributed by atoms with Crippen molar-refractivity contribution in [2.45, 2.75) is 40.2 Å². The molecule has 0 fully saturated rings. The topological polar surface area (TPSA) is 68.9 Å². The number of methoxy groups -OCH3 is 1. The van der Waals surface area contributed by atoms with Crippen molar-refractivity contribution in [2.75, 3.05) is 26.9 Å². The third-order valence-electron chi connectivity index (χ3n) is 3.44. The summed E-state index contributed by atoms with van der Waals surface area (Å²) in [6.07, 6.45) is 2.24. The Bertz CT molecular complexity index is 487. The second kappa shape index (κ2) is 10.9. The molecule has 0 aliphatic heterocycles. The fourth-order valence-corrected chi connectivity index (χ4v) is 2.11. The summed E-state index contributed by atoms with van der Waals surface area (Å²) < 4.78 is 10.9. The number of ether oxygens (including phenoxy) is 2. The van der Waals surface area contributed by atoms with Gasteiger partial charge in [-0.2, -0.15) is 0 Å². The summed E-state index contributed by atoms with van der Waals surface area (Å²) in [5, 5.41) is 3.01. The number of nitrogens with zero attached hydrogens (tertiary/aromatic N) is 1. The Morgan fingerprint density at radius 1 is 1.30 bits per heavy atom. The molecule has 3 N–H and O–H groups in total. The van der Waals surface area contributed by atoms with E-state index in [1.54, 1.807) is 7.11 Å². The molecule has 0 aliphatic carbocycles. The largest absolute Gasteiger partial charge is 0.493 e. The van der Waals surface area contributed by atoms with Gasteiger partial charge in [0, 0.05) is 19.2 Å². The number of nitrogens with one attached hydrogen (secondary N) is 1. The molecular weight excluding hydrogens is 290 g/mol. The number of guanidine groups is 1. The molecule has 0 unspecified atom stereocenters. The smallest absolute Gasteiger partial charge is 0.189 e. The van der Waals surface area contributed by atoms with Gasteiger partial charge in [0.05, 0.1) is 19.8 Å². The molecule has 0 radical (unpaired) electrons. The minimum atomic E-state index is 0.424. The Morgan fingerprint density at radius 3 is 2.78 bits per heavy atom. The van der Waals surface area contributed by atoms with Crippen LogP contribution in [0.1, 0.15) is 37.8 Å². The average Bonchev–Trinajstić information content (AvgIpc) is 2.50. The van der Waals surface area contributed by atoms with Gasteiger partial charge >= 0.3 is 0 Å². The fraction of sp³-hybridized carbons (Fsp3) is 0.611. The van der Waals surface area contributed by atoms with E-state index in [-0.39, 0.29) is 0 Å².